The summed E-state index contributed by atoms with van der Waals surface area (Å²) in [6.45, 7) is 0. The van der Waals surface area contributed by atoms with Gasteiger partial charge in [-0.25, -0.2) is 0 Å². The third-order valence-corrected chi connectivity index (χ3v) is 8.01. The Labute approximate surface area is 218 Å². The van der Waals surface area contributed by atoms with Gasteiger partial charge in [0.05, 0.1) is 7.11 Å². The summed E-state index contributed by atoms with van der Waals surface area (Å²) in [4.78, 5) is 28.3. The van der Waals surface area contributed by atoms with Gasteiger partial charge in [-0.05, 0) is 35.4 Å². The first-order valence-electron chi connectivity index (χ1n) is 11.3. The summed E-state index contributed by atoms with van der Waals surface area (Å²) in [5.74, 6) is -0.911. The van der Waals surface area contributed by atoms with Crippen LogP contribution in [-0.4, -0.2) is 18.9 Å². The lowest BCUT2D eigenvalue weighted by atomic mass is 9.77. The van der Waals surface area contributed by atoms with Crippen LogP contribution in [0.4, 0.5) is 0 Å². The molecule has 0 aliphatic heterocycles. The summed E-state index contributed by atoms with van der Waals surface area (Å²) >= 11 is 4.91. The maximum Gasteiger partial charge on any atom is 0.327 e. The smallest absolute Gasteiger partial charge is 0.327 e. The monoisotopic (exact) mass is 544 g/mol. The first kappa shape index (κ1) is 25.0. The quantitative estimate of drug-likeness (QED) is 0.123. The Morgan fingerprint density at radius 2 is 1.34 bits per heavy atom. The number of carbonyl (C=O) groups excluding carboxylic acids is 2. The molecule has 0 aromatic heterocycles. The first-order valence-corrected chi connectivity index (χ1v) is 12.9. The highest BCUT2D eigenvalue weighted by Gasteiger charge is 2.50. The second kappa shape index (κ2) is 11.5. The molecule has 0 amide bonds. The molecule has 0 heterocycles. The molecule has 5 heteroatoms. The predicted octanol–water partition coefficient (Wildman–Crippen LogP) is 7.67. The number of Topliss-reactive ketones (excluding diaryl/α,β-unsaturated/α-hetero) is 1. The number of ether oxygens (including phenoxy) is 1. The Bertz CT molecular complexity index is 1260. The fourth-order valence-corrected chi connectivity index (χ4v) is 5.96. The highest BCUT2D eigenvalue weighted by Crippen LogP contribution is 2.53. The van der Waals surface area contributed by atoms with E-state index in [9.17, 15) is 9.59 Å². The van der Waals surface area contributed by atoms with Crippen molar-refractivity contribution < 1.29 is 14.3 Å². The van der Waals surface area contributed by atoms with E-state index >= 15 is 0 Å². The molecule has 0 N–H and O–H groups in total. The standard InChI is InChI=1S/C30H25BrO3S/c1-34-29(33)30(24-15-9-4-10-16-24,35-26-19-17-25(31)18-20-26)27(22-11-5-2-6-12-22)21-28(32)23-13-7-3-8-14-23/h2-20,27H,21H2,1H3/t27-,30+/m1/s1. The minimum atomic E-state index is -1.20. The molecule has 0 bridgehead atoms. The lowest BCUT2D eigenvalue weighted by molar-refractivity contribution is -0.144. The zero-order valence-electron chi connectivity index (χ0n) is 19.3. The number of methoxy groups -OCH3 is 1. The molecule has 0 saturated carbocycles. The van der Waals surface area contributed by atoms with Gasteiger partial charge in [-0.2, -0.15) is 0 Å². The van der Waals surface area contributed by atoms with Gasteiger partial charge in [0.15, 0.2) is 5.78 Å². The summed E-state index contributed by atoms with van der Waals surface area (Å²) in [7, 11) is 1.41. The minimum absolute atomic E-state index is 0.0277. The van der Waals surface area contributed by atoms with E-state index < -0.39 is 16.6 Å². The second-order valence-electron chi connectivity index (χ2n) is 8.11. The molecule has 3 nitrogen and oxygen atoms in total. The number of hydrogen-bond donors (Lipinski definition) is 0. The fourth-order valence-electron chi connectivity index (χ4n) is 4.27. The van der Waals surface area contributed by atoms with Crippen molar-refractivity contribution in [1.29, 1.82) is 0 Å². The lowest BCUT2D eigenvalue weighted by Gasteiger charge is -2.38. The van der Waals surface area contributed by atoms with E-state index in [2.05, 4.69) is 15.9 Å². The van der Waals surface area contributed by atoms with E-state index in [1.807, 2.05) is 115 Å². The fraction of sp³-hybridized carbons (Fsp3) is 0.133. The largest absolute Gasteiger partial charge is 0.468 e. The molecule has 0 fully saturated rings. The minimum Gasteiger partial charge on any atom is -0.468 e. The van der Waals surface area contributed by atoms with Gasteiger partial charge < -0.3 is 4.74 Å². The van der Waals surface area contributed by atoms with E-state index in [0.29, 0.717) is 5.56 Å². The number of thioether (sulfide) groups is 1. The lowest BCUT2D eigenvalue weighted by Crippen LogP contribution is -2.41. The van der Waals surface area contributed by atoms with Crippen molar-refractivity contribution >= 4 is 39.4 Å². The second-order valence-corrected chi connectivity index (χ2v) is 10.3. The predicted molar refractivity (Wildman–Crippen MR) is 145 cm³/mol. The Hall–Kier alpha value is -3.15. The summed E-state index contributed by atoms with van der Waals surface area (Å²) in [6.07, 6.45) is 0.140. The number of carbonyl (C=O) groups is 2. The van der Waals surface area contributed by atoms with Gasteiger partial charge in [0.1, 0.15) is 4.75 Å². The highest BCUT2D eigenvalue weighted by atomic mass is 79.9. The number of benzene rings is 4. The molecule has 0 saturated heterocycles. The Kier molecular flexibility index (Phi) is 8.21. The van der Waals surface area contributed by atoms with Gasteiger partial charge in [0.25, 0.3) is 0 Å². The summed E-state index contributed by atoms with van der Waals surface area (Å²) in [5.41, 5.74) is 2.30. The van der Waals surface area contributed by atoms with Crippen molar-refractivity contribution in [2.24, 2.45) is 0 Å². The maximum atomic E-state index is 13.9. The van der Waals surface area contributed by atoms with Crippen molar-refractivity contribution in [2.75, 3.05) is 7.11 Å². The summed E-state index contributed by atoms with van der Waals surface area (Å²) < 4.78 is 5.22. The van der Waals surface area contributed by atoms with Crippen LogP contribution >= 0.6 is 27.7 Å². The van der Waals surface area contributed by atoms with E-state index in [1.54, 1.807) is 0 Å². The normalized spacial score (nSPS) is 13.4. The Balaban J connectivity index is 1.93. The van der Waals surface area contributed by atoms with Crippen LogP contribution < -0.4 is 0 Å². The molecule has 0 unspecified atom stereocenters. The average Bonchev–Trinajstić information content (AvgIpc) is 2.92. The number of rotatable bonds is 9. The van der Waals surface area contributed by atoms with Crippen LogP contribution in [0.5, 0.6) is 0 Å². The van der Waals surface area contributed by atoms with E-state index in [-0.39, 0.29) is 12.2 Å². The van der Waals surface area contributed by atoms with E-state index in [0.717, 1.165) is 20.5 Å². The zero-order valence-corrected chi connectivity index (χ0v) is 21.7. The molecule has 35 heavy (non-hydrogen) atoms. The van der Waals surface area contributed by atoms with Crippen LogP contribution in [0.3, 0.4) is 0 Å². The van der Waals surface area contributed by atoms with Gasteiger partial charge in [-0.15, -0.1) is 11.8 Å². The van der Waals surface area contributed by atoms with Crippen LogP contribution in [-0.2, 0) is 14.3 Å². The molecule has 176 valence electrons. The molecule has 4 aromatic rings. The van der Waals surface area contributed by atoms with Gasteiger partial charge in [0.2, 0.25) is 0 Å². The average molecular weight is 545 g/mol. The Morgan fingerprint density at radius 3 is 1.91 bits per heavy atom. The number of esters is 1. The molecule has 0 aliphatic carbocycles. The first-order chi connectivity index (χ1) is 17.0. The molecule has 4 rings (SSSR count). The van der Waals surface area contributed by atoms with Crippen molar-refractivity contribution in [1.82, 2.24) is 0 Å². The molecular weight excluding hydrogens is 520 g/mol. The molecular formula is C30H25BrO3S. The third kappa shape index (κ3) is 5.58. The number of ketones is 1. The topological polar surface area (TPSA) is 43.4 Å². The van der Waals surface area contributed by atoms with E-state index in [4.69, 9.17) is 4.74 Å². The van der Waals surface area contributed by atoms with Gasteiger partial charge in [-0.1, -0.05) is 107 Å². The van der Waals surface area contributed by atoms with Crippen molar-refractivity contribution in [3.05, 3.63) is 136 Å². The molecule has 4 aromatic carbocycles. The highest BCUT2D eigenvalue weighted by molar-refractivity contribution is 9.10. The molecule has 0 aliphatic rings. The van der Waals surface area contributed by atoms with Crippen LogP contribution in [0.1, 0.15) is 33.8 Å². The zero-order chi connectivity index (χ0) is 24.7. The van der Waals surface area contributed by atoms with Crippen LogP contribution in [0.2, 0.25) is 0 Å². The van der Waals surface area contributed by atoms with Crippen molar-refractivity contribution in [3.8, 4) is 0 Å². The van der Waals surface area contributed by atoms with Gasteiger partial charge >= 0.3 is 5.97 Å². The van der Waals surface area contributed by atoms with Gasteiger partial charge in [-0.3, -0.25) is 9.59 Å². The van der Waals surface area contributed by atoms with Crippen molar-refractivity contribution in [3.63, 3.8) is 0 Å². The summed E-state index contributed by atoms with van der Waals surface area (Å²) in [5, 5.41) is 0. The Morgan fingerprint density at radius 1 is 0.800 bits per heavy atom. The molecule has 0 radical (unpaired) electrons. The maximum absolute atomic E-state index is 13.9. The number of halogens is 1. The number of hydrogen-bond acceptors (Lipinski definition) is 4. The van der Waals surface area contributed by atoms with Gasteiger partial charge in [0, 0.05) is 27.3 Å². The molecule has 0 spiro atoms. The van der Waals surface area contributed by atoms with Crippen molar-refractivity contribution in [2.45, 2.75) is 22.0 Å². The van der Waals surface area contributed by atoms with Crippen LogP contribution in [0.25, 0.3) is 0 Å². The van der Waals surface area contributed by atoms with E-state index in [1.165, 1.54) is 18.9 Å². The summed E-state index contributed by atoms with van der Waals surface area (Å²) in [6, 6.07) is 36.4. The molecule has 2 atom stereocenters. The van der Waals surface area contributed by atoms with Crippen LogP contribution in [0, 0.1) is 0 Å². The van der Waals surface area contributed by atoms with Crippen LogP contribution in [0.15, 0.2) is 125 Å². The third-order valence-electron chi connectivity index (χ3n) is 5.96. The SMILES string of the molecule is COC(=O)[C@](Sc1ccc(Br)cc1)(c1ccccc1)[C@H](CC(=O)c1ccccc1)c1ccccc1.